The molecule has 1 aliphatic heterocycles. The van der Waals surface area contributed by atoms with Gasteiger partial charge in [-0.05, 0) is 37.8 Å². The number of carbonyl (C=O) groups is 1. The molecule has 0 unspecified atom stereocenters. The number of hydrogen-bond donors (Lipinski definition) is 1. The van der Waals surface area contributed by atoms with Crippen LogP contribution in [0.4, 0.5) is 4.39 Å². The lowest BCUT2D eigenvalue weighted by atomic mass is 10.2. The Morgan fingerprint density at radius 2 is 2.15 bits per heavy atom. The third kappa shape index (κ3) is 3.91. The van der Waals surface area contributed by atoms with Crippen molar-refractivity contribution < 1.29 is 13.9 Å². The number of halogens is 1. The third-order valence-electron chi connectivity index (χ3n) is 4.57. The highest BCUT2D eigenvalue weighted by Crippen LogP contribution is 2.41. The molecule has 138 valence electrons. The van der Waals surface area contributed by atoms with Crippen molar-refractivity contribution in [3.63, 3.8) is 0 Å². The Morgan fingerprint density at radius 1 is 1.31 bits per heavy atom. The summed E-state index contributed by atoms with van der Waals surface area (Å²) < 4.78 is 21.6. The molecule has 2 aromatic rings. The van der Waals surface area contributed by atoms with E-state index in [1.54, 1.807) is 18.2 Å². The number of amides is 1. The highest BCUT2D eigenvalue weighted by molar-refractivity contribution is 7.99. The van der Waals surface area contributed by atoms with Crippen LogP contribution in [0.25, 0.3) is 11.4 Å². The predicted molar refractivity (Wildman–Crippen MR) is 96.4 cm³/mol. The van der Waals surface area contributed by atoms with Gasteiger partial charge in [0.15, 0.2) is 11.0 Å². The topological polar surface area (TPSA) is 69.0 Å². The van der Waals surface area contributed by atoms with Gasteiger partial charge in [0.2, 0.25) is 5.91 Å². The molecular formula is C18H21FN4O2S. The molecular weight excluding hydrogens is 355 g/mol. The predicted octanol–water partition coefficient (Wildman–Crippen LogP) is 2.81. The van der Waals surface area contributed by atoms with Gasteiger partial charge in [-0.15, -0.1) is 10.2 Å². The normalized spacial score (nSPS) is 19.7. The van der Waals surface area contributed by atoms with Gasteiger partial charge in [0.05, 0.1) is 17.4 Å². The zero-order chi connectivity index (χ0) is 17.9. The minimum Gasteiger partial charge on any atom is -0.376 e. The number of nitrogens with one attached hydrogen (secondary N) is 1. The molecule has 1 amide bonds. The van der Waals surface area contributed by atoms with Crippen molar-refractivity contribution in [2.45, 2.75) is 43.0 Å². The number of hydrogen-bond acceptors (Lipinski definition) is 5. The molecule has 6 nitrogen and oxygen atoms in total. The van der Waals surface area contributed by atoms with Crippen LogP contribution in [0, 0.1) is 5.82 Å². The van der Waals surface area contributed by atoms with E-state index in [2.05, 4.69) is 15.5 Å². The number of thioether (sulfide) groups is 1. The first-order valence-corrected chi connectivity index (χ1v) is 9.92. The van der Waals surface area contributed by atoms with Gasteiger partial charge in [-0.25, -0.2) is 4.39 Å². The number of rotatable bonds is 7. The molecule has 1 atom stereocenters. The van der Waals surface area contributed by atoms with Gasteiger partial charge in [-0.2, -0.15) is 0 Å². The van der Waals surface area contributed by atoms with Crippen LogP contribution in [0.5, 0.6) is 0 Å². The fourth-order valence-electron chi connectivity index (χ4n) is 3.08. The summed E-state index contributed by atoms with van der Waals surface area (Å²) in [4.78, 5) is 12.1. The molecule has 2 aliphatic rings. The largest absolute Gasteiger partial charge is 0.376 e. The van der Waals surface area contributed by atoms with E-state index in [0.29, 0.717) is 23.1 Å². The quantitative estimate of drug-likeness (QED) is 0.753. The number of ether oxygens (including phenoxy) is 1. The standard InChI is InChI=1S/C18H21FN4O2S/c19-15-6-2-1-5-14(15)17-21-22-18(23(17)12-7-8-12)26-11-16(24)20-10-13-4-3-9-25-13/h1-2,5-6,12-13H,3-4,7-11H2,(H,20,24)/t13-/m1/s1. The Kier molecular flexibility index (Phi) is 5.21. The second-order valence-corrected chi connectivity index (χ2v) is 7.56. The molecule has 0 spiro atoms. The van der Waals surface area contributed by atoms with Crippen molar-refractivity contribution in [2.75, 3.05) is 18.9 Å². The Labute approximate surface area is 155 Å². The van der Waals surface area contributed by atoms with Crippen LogP contribution < -0.4 is 5.32 Å². The van der Waals surface area contributed by atoms with Crippen LogP contribution >= 0.6 is 11.8 Å². The van der Waals surface area contributed by atoms with Crippen LogP contribution in [0.2, 0.25) is 0 Å². The molecule has 1 saturated carbocycles. The Morgan fingerprint density at radius 3 is 2.88 bits per heavy atom. The van der Waals surface area contributed by atoms with E-state index >= 15 is 0 Å². The summed E-state index contributed by atoms with van der Waals surface area (Å²) in [6.07, 6.45) is 4.23. The fraction of sp³-hybridized carbons (Fsp3) is 0.500. The summed E-state index contributed by atoms with van der Waals surface area (Å²) in [5.74, 6) is 0.429. The first-order valence-electron chi connectivity index (χ1n) is 8.93. The van der Waals surface area contributed by atoms with E-state index in [-0.39, 0.29) is 29.6 Å². The Bertz CT molecular complexity index is 787. The molecule has 0 bridgehead atoms. The van der Waals surface area contributed by atoms with Crippen molar-refractivity contribution in [3.8, 4) is 11.4 Å². The first-order chi connectivity index (χ1) is 12.7. The van der Waals surface area contributed by atoms with E-state index < -0.39 is 0 Å². The number of carbonyl (C=O) groups excluding carboxylic acids is 1. The smallest absolute Gasteiger partial charge is 0.230 e. The molecule has 1 aromatic carbocycles. The highest BCUT2D eigenvalue weighted by atomic mass is 32.2. The summed E-state index contributed by atoms with van der Waals surface area (Å²) in [6.45, 7) is 1.33. The zero-order valence-corrected chi connectivity index (χ0v) is 15.2. The van der Waals surface area contributed by atoms with E-state index in [4.69, 9.17) is 4.74 Å². The molecule has 1 aromatic heterocycles. The first kappa shape index (κ1) is 17.5. The van der Waals surface area contributed by atoms with Crippen molar-refractivity contribution in [3.05, 3.63) is 30.1 Å². The molecule has 2 heterocycles. The van der Waals surface area contributed by atoms with Crippen molar-refractivity contribution in [1.82, 2.24) is 20.1 Å². The highest BCUT2D eigenvalue weighted by Gasteiger charge is 2.31. The maximum absolute atomic E-state index is 14.1. The van der Waals surface area contributed by atoms with Crippen LogP contribution in [0.1, 0.15) is 31.7 Å². The summed E-state index contributed by atoms with van der Waals surface area (Å²) in [5, 5.41) is 12.0. The number of benzene rings is 1. The van der Waals surface area contributed by atoms with Gasteiger partial charge in [-0.3, -0.25) is 9.36 Å². The maximum atomic E-state index is 14.1. The van der Waals surface area contributed by atoms with Crippen molar-refractivity contribution in [2.24, 2.45) is 0 Å². The lowest BCUT2D eigenvalue weighted by molar-refractivity contribution is -0.119. The molecule has 0 radical (unpaired) electrons. The van der Waals surface area contributed by atoms with Gasteiger partial charge in [-0.1, -0.05) is 23.9 Å². The van der Waals surface area contributed by atoms with E-state index in [0.717, 1.165) is 32.3 Å². The second-order valence-electron chi connectivity index (χ2n) is 6.61. The lowest BCUT2D eigenvalue weighted by Gasteiger charge is -2.11. The van der Waals surface area contributed by atoms with Crippen LogP contribution in [0.15, 0.2) is 29.4 Å². The molecule has 1 N–H and O–H groups in total. The molecule has 4 rings (SSSR count). The van der Waals surface area contributed by atoms with E-state index in [1.807, 2.05) is 4.57 Å². The van der Waals surface area contributed by atoms with Crippen molar-refractivity contribution >= 4 is 17.7 Å². The second kappa shape index (κ2) is 7.75. The Balaban J connectivity index is 1.42. The molecule has 1 aliphatic carbocycles. The lowest BCUT2D eigenvalue weighted by Crippen LogP contribution is -2.32. The van der Waals surface area contributed by atoms with Gasteiger partial charge < -0.3 is 10.1 Å². The maximum Gasteiger partial charge on any atom is 0.230 e. The van der Waals surface area contributed by atoms with Gasteiger partial charge in [0.1, 0.15) is 5.82 Å². The van der Waals surface area contributed by atoms with Gasteiger partial charge >= 0.3 is 0 Å². The summed E-state index contributed by atoms with van der Waals surface area (Å²) in [7, 11) is 0. The van der Waals surface area contributed by atoms with Crippen molar-refractivity contribution in [1.29, 1.82) is 0 Å². The molecule has 26 heavy (non-hydrogen) atoms. The monoisotopic (exact) mass is 376 g/mol. The zero-order valence-electron chi connectivity index (χ0n) is 14.4. The third-order valence-corrected chi connectivity index (χ3v) is 5.52. The number of nitrogens with zero attached hydrogens (tertiary/aromatic N) is 3. The molecule has 1 saturated heterocycles. The Hall–Kier alpha value is -1.93. The van der Waals surface area contributed by atoms with Crippen LogP contribution in [0.3, 0.4) is 0 Å². The van der Waals surface area contributed by atoms with Crippen LogP contribution in [-0.2, 0) is 9.53 Å². The SMILES string of the molecule is O=C(CSc1nnc(-c2ccccc2F)n1C1CC1)NC[C@H]1CCCO1. The van der Waals surface area contributed by atoms with Gasteiger partial charge in [0.25, 0.3) is 0 Å². The minimum atomic E-state index is -0.312. The molecule has 2 fully saturated rings. The van der Waals surface area contributed by atoms with Crippen LogP contribution in [-0.4, -0.2) is 45.7 Å². The average Bonchev–Trinajstić information content (AvgIpc) is 3.18. The van der Waals surface area contributed by atoms with Gasteiger partial charge in [0, 0.05) is 19.2 Å². The summed E-state index contributed by atoms with van der Waals surface area (Å²) >= 11 is 1.34. The molecule has 8 heteroatoms. The summed E-state index contributed by atoms with van der Waals surface area (Å²) in [5.41, 5.74) is 0.446. The van der Waals surface area contributed by atoms with E-state index in [1.165, 1.54) is 17.8 Å². The fourth-order valence-corrected chi connectivity index (χ4v) is 3.91. The van der Waals surface area contributed by atoms with E-state index in [9.17, 15) is 9.18 Å². The minimum absolute atomic E-state index is 0.0525. The summed E-state index contributed by atoms with van der Waals surface area (Å²) in [6, 6.07) is 6.87. The number of aromatic nitrogens is 3. The average molecular weight is 376 g/mol.